The molecule has 12 heteroatoms. The molecule has 0 unspecified atom stereocenters. The molecule has 2 aromatic heterocycles. The molecule has 1 aliphatic heterocycles. The average Bonchev–Trinajstić information content (AvgIpc) is 2.96. The molecular weight excluding hydrogens is 546 g/mol. The highest BCUT2D eigenvalue weighted by Gasteiger charge is 2.20. The maximum absolute atomic E-state index is 13.1. The van der Waals surface area contributed by atoms with Crippen LogP contribution < -0.4 is 26.8 Å². The highest BCUT2D eigenvalue weighted by molar-refractivity contribution is 6.34. The molecule has 0 saturated carbocycles. The molecule has 41 heavy (non-hydrogen) atoms. The number of hydrogen-bond donors (Lipinski definition) is 5. The Bertz CT molecular complexity index is 1650. The lowest BCUT2D eigenvalue weighted by Gasteiger charge is -2.30. The van der Waals surface area contributed by atoms with Gasteiger partial charge in [0.05, 0.1) is 10.7 Å². The number of halogens is 1. The van der Waals surface area contributed by atoms with E-state index in [0.29, 0.717) is 41.9 Å². The Labute approximate surface area is 240 Å². The second-order valence-electron chi connectivity index (χ2n) is 9.99. The number of nitrogens with two attached hydrogens (primary N) is 1. The minimum atomic E-state index is -0.687. The first-order valence-corrected chi connectivity index (χ1v) is 13.7. The SMILES string of the molecule is NC1CCN(c2ncc3cc(C(=O)Nc4cc(C(=O)NCCCc5cccc(O)c5)ccc4Cl)c(=O)[nH]c3n2)CC1. The normalized spacial score (nSPS) is 13.8. The van der Waals surface area contributed by atoms with Crippen LogP contribution in [0.2, 0.25) is 5.02 Å². The third-order valence-corrected chi connectivity index (χ3v) is 7.29. The first-order chi connectivity index (χ1) is 19.8. The highest BCUT2D eigenvalue weighted by atomic mass is 35.5. The molecule has 1 saturated heterocycles. The maximum atomic E-state index is 13.1. The van der Waals surface area contributed by atoms with E-state index in [9.17, 15) is 19.5 Å². The van der Waals surface area contributed by atoms with Gasteiger partial charge in [-0.3, -0.25) is 14.4 Å². The predicted octanol–water partition coefficient (Wildman–Crippen LogP) is 3.22. The molecule has 3 heterocycles. The van der Waals surface area contributed by atoms with Crippen molar-refractivity contribution in [2.75, 3.05) is 29.9 Å². The minimum Gasteiger partial charge on any atom is -0.508 e. The van der Waals surface area contributed by atoms with E-state index in [0.717, 1.165) is 31.5 Å². The van der Waals surface area contributed by atoms with Gasteiger partial charge in [-0.15, -0.1) is 0 Å². The van der Waals surface area contributed by atoms with Crippen LogP contribution in [-0.4, -0.2) is 57.5 Å². The van der Waals surface area contributed by atoms with Crippen LogP contribution in [0.3, 0.4) is 0 Å². The molecule has 5 rings (SSSR count). The Balaban J connectivity index is 1.24. The second-order valence-corrected chi connectivity index (χ2v) is 10.4. The van der Waals surface area contributed by atoms with Gasteiger partial charge in [-0.25, -0.2) is 4.98 Å². The molecular formula is C29H30ClN7O4. The number of carbonyl (C=O) groups excluding carboxylic acids is 2. The Morgan fingerprint density at radius 3 is 2.71 bits per heavy atom. The van der Waals surface area contributed by atoms with Crippen molar-refractivity contribution in [1.29, 1.82) is 0 Å². The molecule has 2 amide bonds. The number of piperidine rings is 1. The summed E-state index contributed by atoms with van der Waals surface area (Å²) in [7, 11) is 0. The summed E-state index contributed by atoms with van der Waals surface area (Å²) >= 11 is 6.29. The molecule has 1 fully saturated rings. The van der Waals surface area contributed by atoms with E-state index in [2.05, 4.69) is 25.6 Å². The van der Waals surface area contributed by atoms with Crippen molar-refractivity contribution >= 4 is 46.1 Å². The molecule has 4 aromatic rings. The Morgan fingerprint density at radius 1 is 1.12 bits per heavy atom. The monoisotopic (exact) mass is 575 g/mol. The molecule has 0 spiro atoms. The van der Waals surface area contributed by atoms with Gasteiger partial charge in [0.1, 0.15) is 17.0 Å². The lowest BCUT2D eigenvalue weighted by atomic mass is 10.1. The molecule has 0 bridgehead atoms. The number of pyridine rings is 1. The first kappa shape index (κ1) is 28.1. The first-order valence-electron chi connectivity index (χ1n) is 13.3. The third kappa shape index (κ3) is 6.82. The van der Waals surface area contributed by atoms with Crippen LogP contribution in [0.15, 0.2) is 59.5 Å². The van der Waals surface area contributed by atoms with Crippen molar-refractivity contribution in [3.8, 4) is 5.75 Å². The number of aromatic amines is 1. The van der Waals surface area contributed by atoms with Crippen LogP contribution >= 0.6 is 11.6 Å². The highest BCUT2D eigenvalue weighted by Crippen LogP contribution is 2.24. The van der Waals surface area contributed by atoms with Gasteiger partial charge in [0, 0.05) is 42.8 Å². The Kier molecular flexibility index (Phi) is 8.46. The zero-order valence-electron chi connectivity index (χ0n) is 22.2. The zero-order chi connectivity index (χ0) is 28.9. The summed E-state index contributed by atoms with van der Waals surface area (Å²) in [6.45, 7) is 1.88. The van der Waals surface area contributed by atoms with E-state index < -0.39 is 11.5 Å². The third-order valence-electron chi connectivity index (χ3n) is 6.96. The fraction of sp³-hybridized carbons (Fsp3) is 0.276. The largest absolute Gasteiger partial charge is 0.508 e. The van der Waals surface area contributed by atoms with Crippen molar-refractivity contribution < 1.29 is 14.7 Å². The van der Waals surface area contributed by atoms with Crippen LogP contribution in [-0.2, 0) is 6.42 Å². The number of aromatic hydroxyl groups is 1. The van der Waals surface area contributed by atoms with Crippen molar-refractivity contribution in [3.05, 3.63) is 86.8 Å². The van der Waals surface area contributed by atoms with Crippen molar-refractivity contribution in [1.82, 2.24) is 20.3 Å². The molecule has 11 nitrogen and oxygen atoms in total. The fourth-order valence-electron chi connectivity index (χ4n) is 4.66. The van der Waals surface area contributed by atoms with Gasteiger partial charge in [-0.05, 0) is 67.6 Å². The van der Waals surface area contributed by atoms with Crippen LogP contribution in [0.4, 0.5) is 11.6 Å². The summed E-state index contributed by atoms with van der Waals surface area (Å²) in [4.78, 5) is 52.1. The number of aryl methyl sites for hydroxylation is 1. The average molecular weight is 576 g/mol. The van der Waals surface area contributed by atoms with Crippen LogP contribution in [0, 0.1) is 0 Å². The second kappa shape index (κ2) is 12.4. The van der Waals surface area contributed by atoms with Gasteiger partial charge in [0.25, 0.3) is 17.4 Å². The number of benzene rings is 2. The van der Waals surface area contributed by atoms with Gasteiger partial charge < -0.3 is 31.4 Å². The molecule has 212 valence electrons. The van der Waals surface area contributed by atoms with E-state index in [4.69, 9.17) is 17.3 Å². The number of anilines is 2. The molecule has 0 aliphatic carbocycles. The van der Waals surface area contributed by atoms with Gasteiger partial charge in [-0.2, -0.15) is 4.98 Å². The van der Waals surface area contributed by atoms with Gasteiger partial charge in [-0.1, -0.05) is 23.7 Å². The summed E-state index contributed by atoms with van der Waals surface area (Å²) in [6, 6.07) is 13.1. The van der Waals surface area contributed by atoms with Crippen molar-refractivity contribution in [3.63, 3.8) is 0 Å². The lowest BCUT2D eigenvalue weighted by molar-refractivity contribution is 0.0951. The smallest absolute Gasteiger partial charge is 0.262 e. The number of hydrogen-bond acceptors (Lipinski definition) is 8. The summed E-state index contributed by atoms with van der Waals surface area (Å²) in [5.41, 5.74) is 7.01. The number of nitrogens with zero attached hydrogens (tertiary/aromatic N) is 3. The summed E-state index contributed by atoms with van der Waals surface area (Å²) in [5, 5.41) is 15.8. The van der Waals surface area contributed by atoms with Crippen molar-refractivity contribution in [2.45, 2.75) is 31.7 Å². The van der Waals surface area contributed by atoms with E-state index >= 15 is 0 Å². The van der Waals surface area contributed by atoms with Gasteiger partial charge in [0.2, 0.25) is 5.95 Å². The molecule has 0 radical (unpaired) electrons. The van der Waals surface area contributed by atoms with Gasteiger partial charge in [0.15, 0.2) is 0 Å². The zero-order valence-corrected chi connectivity index (χ0v) is 22.9. The predicted molar refractivity (Wildman–Crippen MR) is 158 cm³/mol. The number of H-pyrrole nitrogens is 1. The number of phenols is 1. The number of aromatic nitrogens is 3. The quantitative estimate of drug-likeness (QED) is 0.200. The summed E-state index contributed by atoms with van der Waals surface area (Å²) in [6.07, 6.45) is 4.60. The van der Waals surface area contributed by atoms with Crippen molar-refractivity contribution in [2.24, 2.45) is 5.73 Å². The van der Waals surface area contributed by atoms with Crippen LogP contribution in [0.5, 0.6) is 5.75 Å². The van der Waals surface area contributed by atoms with Crippen LogP contribution in [0.25, 0.3) is 11.0 Å². The molecule has 2 aromatic carbocycles. The molecule has 1 aliphatic rings. The standard InChI is InChI=1S/C29H30ClN7O4/c30-23-7-6-18(26(39)32-10-2-4-17-3-1-5-21(38)13-17)15-24(23)34-27(40)22-14-19-16-33-29(36-25(19)35-28(22)41)37-11-8-20(31)9-12-37/h1,3,5-7,13-16,20,38H,2,4,8-12,31H2,(H,32,39)(H,34,40)(H,33,35,36,41). The van der Waals surface area contributed by atoms with E-state index in [1.807, 2.05) is 11.0 Å². The topological polar surface area (TPSA) is 166 Å². The lowest BCUT2D eigenvalue weighted by Crippen LogP contribution is -2.40. The Morgan fingerprint density at radius 2 is 1.93 bits per heavy atom. The van der Waals surface area contributed by atoms with Crippen LogP contribution in [0.1, 0.15) is 45.5 Å². The number of phenolic OH excluding ortho intramolecular Hbond substituents is 1. The summed E-state index contributed by atoms with van der Waals surface area (Å²) in [5.74, 6) is -0.319. The minimum absolute atomic E-state index is 0.143. The molecule has 0 atom stereocenters. The van der Waals surface area contributed by atoms with E-state index in [1.165, 1.54) is 18.2 Å². The number of amides is 2. The number of nitrogens with one attached hydrogen (secondary N) is 3. The number of rotatable bonds is 8. The Hall–Kier alpha value is -4.48. The van der Waals surface area contributed by atoms with E-state index in [-0.39, 0.29) is 34.0 Å². The maximum Gasteiger partial charge on any atom is 0.262 e. The summed E-state index contributed by atoms with van der Waals surface area (Å²) < 4.78 is 0. The molecule has 6 N–H and O–H groups in total. The van der Waals surface area contributed by atoms with E-state index in [1.54, 1.807) is 30.5 Å². The fourth-order valence-corrected chi connectivity index (χ4v) is 4.83. The van der Waals surface area contributed by atoms with Gasteiger partial charge >= 0.3 is 0 Å². The number of fused-ring (bicyclic) bond motifs is 1. The number of carbonyl (C=O) groups is 2.